The summed E-state index contributed by atoms with van der Waals surface area (Å²) in [4.78, 5) is 0. The standard InChI is InChI=1S/C5H5B/c1-2-3-4-5-6/h2,5H,1H3. The molecule has 6 heavy (non-hydrogen) atoms. The molecule has 0 amide bonds. The van der Waals surface area contributed by atoms with Crippen LogP contribution in [0.15, 0.2) is 23.5 Å². The van der Waals surface area contributed by atoms with Gasteiger partial charge in [-0.15, -0.1) is 0 Å². The van der Waals surface area contributed by atoms with E-state index in [0.29, 0.717) is 0 Å². The van der Waals surface area contributed by atoms with Crippen molar-refractivity contribution >= 4 is 7.85 Å². The fourth-order valence-electron chi connectivity index (χ4n) is 0.131. The molecule has 0 bridgehead atoms. The van der Waals surface area contributed by atoms with Gasteiger partial charge in [0.1, 0.15) is 7.85 Å². The van der Waals surface area contributed by atoms with Crippen molar-refractivity contribution < 1.29 is 0 Å². The second-order valence-corrected chi connectivity index (χ2v) is 0.744. The molecule has 0 N–H and O–H groups in total. The zero-order chi connectivity index (χ0) is 4.83. The van der Waals surface area contributed by atoms with Crippen molar-refractivity contribution in [2.45, 2.75) is 6.92 Å². The Labute approximate surface area is 39.3 Å². The first kappa shape index (κ1) is 5.36. The van der Waals surface area contributed by atoms with Gasteiger partial charge >= 0.3 is 0 Å². The van der Waals surface area contributed by atoms with Crippen LogP contribution >= 0.6 is 0 Å². The van der Waals surface area contributed by atoms with E-state index in [0.717, 1.165) is 0 Å². The van der Waals surface area contributed by atoms with Crippen LogP contribution in [-0.4, -0.2) is 7.85 Å². The Kier molecular flexibility index (Phi) is 3.90. The summed E-state index contributed by atoms with van der Waals surface area (Å²) >= 11 is 0. The van der Waals surface area contributed by atoms with Crippen molar-refractivity contribution in [1.82, 2.24) is 0 Å². The molecule has 0 atom stereocenters. The summed E-state index contributed by atoms with van der Waals surface area (Å²) in [5, 5.41) is 0. The van der Waals surface area contributed by atoms with E-state index in [1.54, 1.807) is 6.08 Å². The highest BCUT2D eigenvalue weighted by Gasteiger charge is 1.37. The van der Waals surface area contributed by atoms with Gasteiger partial charge in [0.15, 0.2) is 0 Å². The van der Waals surface area contributed by atoms with Gasteiger partial charge < -0.3 is 0 Å². The topological polar surface area (TPSA) is 0 Å². The largest absolute Gasteiger partial charge is 0.115 e. The summed E-state index contributed by atoms with van der Waals surface area (Å²) < 4.78 is 0. The average Bonchev–Trinajstić information content (AvgIpc) is 1.61. The number of rotatable bonds is 0. The first-order chi connectivity index (χ1) is 2.91. The maximum atomic E-state index is 4.90. The summed E-state index contributed by atoms with van der Waals surface area (Å²) in [6, 6.07) is 0. The maximum absolute atomic E-state index is 4.90. The van der Waals surface area contributed by atoms with Crippen LogP contribution in [-0.2, 0) is 0 Å². The summed E-state index contributed by atoms with van der Waals surface area (Å²) in [6.45, 7) is 1.86. The van der Waals surface area contributed by atoms with Crippen LogP contribution in [0.1, 0.15) is 6.92 Å². The van der Waals surface area contributed by atoms with Gasteiger partial charge in [0.2, 0.25) is 0 Å². The van der Waals surface area contributed by atoms with Gasteiger partial charge in [0.25, 0.3) is 0 Å². The highest BCUT2D eigenvalue weighted by molar-refractivity contribution is 6.16. The third kappa shape index (κ3) is 3.36. The molecule has 0 saturated heterocycles. The fraction of sp³-hybridized carbons (Fsp3) is 0.200. The van der Waals surface area contributed by atoms with Gasteiger partial charge in [-0.05, 0) is 13.0 Å². The van der Waals surface area contributed by atoms with Crippen molar-refractivity contribution in [3.8, 4) is 0 Å². The minimum absolute atomic E-state index is 1.32. The Morgan fingerprint density at radius 2 is 2.17 bits per heavy atom. The zero-order valence-electron chi connectivity index (χ0n) is 3.73. The molecule has 0 aromatic rings. The predicted octanol–water partition coefficient (Wildman–Crippen LogP) is 0.999. The molecule has 0 aliphatic heterocycles. The second-order valence-electron chi connectivity index (χ2n) is 0.744. The fourth-order valence-corrected chi connectivity index (χ4v) is 0.131. The highest BCUT2D eigenvalue weighted by Crippen LogP contribution is 1.54. The molecule has 1 heteroatoms. The summed E-state index contributed by atoms with van der Waals surface area (Å²) in [5.74, 6) is 1.32. The maximum Gasteiger partial charge on any atom is 0.115 e. The summed E-state index contributed by atoms with van der Waals surface area (Å²) in [7, 11) is 4.90. The van der Waals surface area contributed by atoms with Crippen molar-refractivity contribution in [3.63, 3.8) is 0 Å². The normalized spacial score (nSPS) is 4.83. The van der Waals surface area contributed by atoms with Crippen LogP contribution < -0.4 is 0 Å². The number of hydrogen-bond donors (Lipinski definition) is 0. The molecule has 0 saturated carbocycles. The van der Waals surface area contributed by atoms with Crippen LogP contribution in [0.2, 0.25) is 0 Å². The average molecular weight is 75.9 g/mol. The Morgan fingerprint density at radius 1 is 1.50 bits per heavy atom. The number of allylic oxidation sites excluding steroid dienone is 1. The molecule has 0 fully saturated rings. The van der Waals surface area contributed by atoms with E-state index in [9.17, 15) is 0 Å². The highest BCUT2D eigenvalue weighted by atomic mass is 13.4. The Hall–Kier alpha value is -0.635. The van der Waals surface area contributed by atoms with Crippen molar-refractivity contribution in [3.05, 3.63) is 23.5 Å². The Bertz CT molecular complexity index is 87.1. The van der Waals surface area contributed by atoms with Crippen LogP contribution in [0.5, 0.6) is 0 Å². The van der Waals surface area contributed by atoms with Gasteiger partial charge in [0.05, 0.1) is 0 Å². The van der Waals surface area contributed by atoms with Gasteiger partial charge in [-0.3, -0.25) is 0 Å². The predicted molar refractivity (Wildman–Crippen MR) is 27.6 cm³/mol. The van der Waals surface area contributed by atoms with E-state index in [1.165, 1.54) is 5.98 Å². The van der Waals surface area contributed by atoms with Crippen molar-refractivity contribution in [1.29, 1.82) is 0 Å². The molecule has 2 radical (unpaired) electrons. The van der Waals surface area contributed by atoms with E-state index in [-0.39, 0.29) is 0 Å². The van der Waals surface area contributed by atoms with Crippen LogP contribution in [0.25, 0.3) is 0 Å². The lowest BCUT2D eigenvalue weighted by molar-refractivity contribution is 1.78. The van der Waals surface area contributed by atoms with Gasteiger partial charge in [-0.25, -0.2) is 0 Å². The third-order valence-corrected chi connectivity index (χ3v) is 0.311. The second kappa shape index (κ2) is 4.36. The Balaban J connectivity index is 3.79. The first-order valence-corrected chi connectivity index (χ1v) is 1.74. The van der Waals surface area contributed by atoms with Gasteiger partial charge in [-0.1, -0.05) is 17.4 Å². The first-order valence-electron chi connectivity index (χ1n) is 1.74. The van der Waals surface area contributed by atoms with Crippen molar-refractivity contribution in [2.24, 2.45) is 0 Å². The molecule has 0 aliphatic carbocycles. The molecule has 0 rings (SSSR count). The lowest BCUT2D eigenvalue weighted by atomic mass is 10.2. The van der Waals surface area contributed by atoms with Crippen molar-refractivity contribution in [2.75, 3.05) is 0 Å². The van der Waals surface area contributed by atoms with Crippen LogP contribution in [0.3, 0.4) is 0 Å². The molecular formula is C5H5B. The molecule has 0 spiro atoms. The SMILES string of the molecule is [B]C=C=C=CC. The molecule has 28 valence electrons. The summed E-state index contributed by atoms with van der Waals surface area (Å²) in [6.07, 6.45) is 1.74. The molecular weight excluding hydrogens is 70.9 g/mol. The molecule has 0 aromatic heterocycles. The monoisotopic (exact) mass is 76.0 g/mol. The third-order valence-electron chi connectivity index (χ3n) is 0.311. The molecule has 0 heterocycles. The van der Waals surface area contributed by atoms with E-state index < -0.39 is 0 Å². The van der Waals surface area contributed by atoms with Gasteiger partial charge in [-0.2, -0.15) is 0 Å². The lowest BCUT2D eigenvalue weighted by Gasteiger charge is -1.46. The Morgan fingerprint density at radius 3 is 2.33 bits per heavy atom. The molecule has 0 aromatic carbocycles. The molecule has 0 unspecified atom stereocenters. The quantitative estimate of drug-likeness (QED) is 0.298. The van der Waals surface area contributed by atoms with Gasteiger partial charge in [0, 0.05) is 0 Å². The molecule has 0 nitrogen and oxygen atoms in total. The minimum Gasteiger partial charge on any atom is -0.0862 e. The van der Waals surface area contributed by atoms with E-state index in [2.05, 4.69) is 11.5 Å². The summed E-state index contributed by atoms with van der Waals surface area (Å²) in [5.41, 5.74) is 5.19. The van der Waals surface area contributed by atoms with E-state index in [1.807, 2.05) is 6.92 Å². The van der Waals surface area contributed by atoms with Crippen LogP contribution in [0, 0.1) is 0 Å². The smallest absolute Gasteiger partial charge is 0.0862 e. The minimum atomic E-state index is 1.32. The zero-order valence-corrected chi connectivity index (χ0v) is 3.73. The number of hydrogen-bond acceptors (Lipinski definition) is 0. The van der Waals surface area contributed by atoms with E-state index in [4.69, 9.17) is 7.85 Å². The van der Waals surface area contributed by atoms with E-state index >= 15 is 0 Å². The molecule has 0 aliphatic rings. The van der Waals surface area contributed by atoms with Crippen LogP contribution in [0.4, 0.5) is 0 Å². The lowest BCUT2D eigenvalue weighted by Crippen LogP contribution is -1.37.